The SMILES string of the molecule is C=C(c1ccc(C2(O)COC2)cc1)N1CCC(c2ccnc(C(F)(F)F)c2)CC1. The number of hydrogen-bond donors (Lipinski definition) is 1. The van der Waals surface area contributed by atoms with Gasteiger partial charge in [0.2, 0.25) is 0 Å². The maximum absolute atomic E-state index is 12.9. The fourth-order valence-electron chi connectivity index (χ4n) is 3.96. The predicted molar refractivity (Wildman–Crippen MR) is 103 cm³/mol. The quantitative estimate of drug-likeness (QED) is 0.831. The van der Waals surface area contributed by atoms with Crippen molar-refractivity contribution in [2.24, 2.45) is 0 Å². The van der Waals surface area contributed by atoms with Crippen molar-refractivity contribution >= 4 is 5.70 Å². The first kappa shape index (κ1) is 19.9. The molecule has 3 heterocycles. The molecule has 0 unspecified atom stereocenters. The van der Waals surface area contributed by atoms with E-state index in [-0.39, 0.29) is 5.92 Å². The summed E-state index contributed by atoms with van der Waals surface area (Å²) in [5.74, 6) is 0.0818. The molecule has 0 radical (unpaired) electrons. The lowest BCUT2D eigenvalue weighted by atomic mass is 9.88. The molecule has 0 atom stereocenters. The summed E-state index contributed by atoms with van der Waals surface area (Å²) in [6.45, 7) is 6.28. The van der Waals surface area contributed by atoms with Gasteiger partial charge in [-0.05, 0) is 47.6 Å². The minimum absolute atomic E-state index is 0.0818. The summed E-state index contributed by atoms with van der Waals surface area (Å²) < 4.78 is 43.8. The van der Waals surface area contributed by atoms with Crippen molar-refractivity contribution in [1.82, 2.24) is 9.88 Å². The van der Waals surface area contributed by atoms with Crippen molar-refractivity contribution < 1.29 is 23.0 Å². The number of alkyl halides is 3. The van der Waals surface area contributed by atoms with E-state index in [0.717, 1.165) is 42.8 Å². The monoisotopic (exact) mass is 404 g/mol. The molecule has 2 fully saturated rings. The summed E-state index contributed by atoms with van der Waals surface area (Å²) in [5.41, 5.74) is 1.66. The third kappa shape index (κ3) is 4.02. The van der Waals surface area contributed by atoms with Gasteiger partial charge < -0.3 is 14.7 Å². The van der Waals surface area contributed by atoms with Gasteiger partial charge in [-0.1, -0.05) is 30.8 Å². The average molecular weight is 404 g/mol. The van der Waals surface area contributed by atoms with Gasteiger partial charge in [-0.25, -0.2) is 0 Å². The number of hydrogen-bond acceptors (Lipinski definition) is 4. The zero-order valence-electron chi connectivity index (χ0n) is 16.0. The minimum Gasteiger partial charge on any atom is -0.380 e. The van der Waals surface area contributed by atoms with Gasteiger partial charge >= 0.3 is 6.18 Å². The van der Waals surface area contributed by atoms with E-state index in [1.54, 1.807) is 6.07 Å². The predicted octanol–water partition coefficient (Wildman–Crippen LogP) is 4.17. The summed E-state index contributed by atoms with van der Waals surface area (Å²) in [5, 5.41) is 10.3. The summed E-state index contributed by atoms with van der Waals surface area (Å²) in [6, 6.07) is 10.5. The Kier molecular flexibility index (Phi) is 5.12. The molecule has 4 rings (SSSR count). The number of ether oxygens (including phenoxy) is 1. The molecule has 1 N–H and O–H groups in total. The van der Waals surface area contributed by atoms with Crippen molar-refractivity contribution in [2.75, 3.05) is 26.3 Å². The number of piperidine rings is 1. The molecular formula is C22H23F3N2O2. The van der Waals surface area contributed by atoms with Crippen LogP contribution in [0, 0.1) is 0 Å². The van der Waals surface area contributed by atoms with E-state index in [0.29, 0.717) is 18.8 Å². The molecule has 29 heavy (non-hydrogen) atoms. The zero-order chi connectivity index (χ0) is 20.6. The first-order valence-electron chi connectivity index (χ1n) is 9.64. The van der Waals surface area contributed by atoms with Crippen molar-refractivity contribution in [1.29, 1.82) is 0 Å². The van der Waals surface area contributed by atoms with Gasteiger partial charge in [-0.2, -0.15) is 13.2 Å². The normalized spacial score (nSPS) is 19.7. The summed E-state index contributed by atoms with van der Waals surface area (Å²) >= 11 is 0. The van der Waals surface area contributed by atoms with Gasteiger partial charge in [0, 0.05) is 25.0 Å². The Labute approximate surface area is 167 Å². The lowest BCUT2D eigenvalue weighted by molar-refractivity contribution is -0.184. The number of aromatic nitrogens is 1. The molecule has 1 aromatic heterocycles. The van der Waals surface area contributed by atoms with E-state index in [4.69, 9.17) is 4.74 Å². The van der Waals surface area contributed by atoms with Gasteiger partial charge in [0.05, 0.1) is 13.2 Å². The molecule has 2 saturated heterocycles. The second-order valence-electron chi connectivity index (χ2n) is 7.78. The van der Waals surface area contributed by atoms with E-state index >= 15 is 0 Å². The Hall–Kier alpha value is -2.38. The molecule has 2 aliphatic heterocycles. The van der Waals surface area contributed by atoms with Crippen LogP contribution < -0.4 is 0 Å². The van der Waals surface area contributed by atoms with Crippen molar-refractivity contribution in [2.45, 2.75) is 30.5 Å². The van der Waals surface area contributed by atoms with Gasteiger partial charge in [0.1, 0.15) is 11.3 Å². The maximum atomic E-state index is 12.9. The van der Waals surface area contributed by atoms with Crippen LogP contribution in [0.2, 0.25) is 0 Å². The van der Waals surface area contributed by atoms with E-state index in [9.17, 15) is 18.3 Å². The number of rotatable bonds is 4. The molecule has 0 spiro atoms. The van der Waals surface area contributed by atoms with Crippen LogP contribution in [0.3, 0.4) is 0 Å². The Morgan fingerprint density at radius 2 is 1.79 bits per heavy atom. The van der Waals surface area contributed by atoms with Crippen LogP contribution in [-0.4, -0.2) is 41.3 Å². The highest BCUT2D eigenvalue weighted by atomic mass is 19.4. The topological polar surface area (TPSA) is 45.6 Å². The molecule has 7 heteroatoms. The Bertz CT molecular complexity index is 884. The highest BCUT2D eigenvalue weighted by molar-refractivity contribution is 5.62. The van der Waals surface area contributed by atoms with Crippen molar-refractivity contribution in [3.8, 4) is 0 Å². The molecule has 4 nitrogen and oxygen atoms in total. The van der Waals surface area contributed by atoms with Crippen LogP contribution in [-0.2, 0) is 16.5 Å². The highest BCUT2D eigenvalue weighted by Gasteiger charge is 2.38. The molecule has 0 bridgehead atoms. The molecule has 154 valence electrons. The molecule has 1 aromatic carbocycles. The average Bonchev–Trinajstić information content (AvgIpc) is 2.71. The first-order valence-corrected chi connectivity index (χ1v) is 9.64. The number of benzene rings is 1. The summed E-state index contributed by atoms with van der Waals surface area (Å²) in [6.07, 6.45) is -1.66. The first-order chi connectivity index (χ1) is 13.8. The van der Waals surface area contributed by atoms with Gasteiger partial charge in [0.25, 0.3) is 0 Å². The highest BCUT2D eigenvalue weighted by Crippen LogP contribution is 2.35. The summed E-state index contributed by atoms with van der Waals surface area (Å²) in [7, 11) is 0. The molecule has 0 amide bonds. The van der Waals surface area contributed by atoms with E-state index in [1.807, 2.05) is 24.3 Å². The van der Waals surface area contributed by atoms with Crippen LogP contribution in [0.1, 0.15) is 41.1 Å². The molecular weight excluding hydrogens is 381 g/mol. The number of halogens is 3. The van der Waals surface area contributed by atoms with Gasteiger partial charge in [-0.15, -0.1) is 0 Å². The van der Waals surface area contributed by atoms with Crippen LogP contribution in [0.5, 0.6) is 0 Å². The molecule has 2 aliphatic rings. The van der Waals surface area contributed by atoms with Crippen molar-refractivity contribution in [3.63, 3.8) is 0 Å². The van der Waals surface area contributed by atoms with Crippen molar-refractivity contribution in [3.05, 3.63) is 71.6 Å². The number of likely N-dealkylation sites (tertiary alicyclic amines) is 1. The lowest BCUT2D eigenvalue weighted by Crippen LogP contribution is -2.46. The molecule has 2 aromatic rings. The molecule has 0 aliphatic carbocycles. The Balaban J connectivity index is 1.39. The smallest absolute Gasteiger partial charge is 0.380 e. The van der Waals surface area contributed by atoms with Crippen LogP contribution in [0.15, 0.2) is 49.2 Å². The standard InChI is InChI=1S/C22H23F3N2O2/c1-15(16-2-4-19(5-3-16)21(28)13-29-14-21)27-10-7-17(8-11-27)18-6-9-26-20(12-18)22(23,24)25/h2-6,9,12,17,28H,1,7-8,10-11,13-14H2. The summed E-state index contributed by atoms with van der Waals surface area (Å²) in [4.78, 5) is 5.61. The van der Waals surface area contributed by atoms with Crippen LogP contribution >= 0.6 is 0 Å². The van der Waals surface area contributed by atoms with E-state index in [2.05, 4.69) is 16.5 Å². The zero-order valence-corrected chi connectivity index (χ0v) is 16.0. The van der Waals surface area contributed by atoms with Crippen LogP contribution in [0.4, 0.5) is 13.2 Å². The minimum atomic E-state index is -4.42. The van der Waals surface area contributed by atoms with Gasteiger partial charge in [-0.3, -0.25) is 4.98 Å². The Morgan fingerprint density at radius 1 is 1.14 bits per heavy atom. The fraction of sp³-hybridized carbons (Fsp3) is 0.409. The number of aliphatic hydroxyl groups is 1. The maximum Gasteiger partial charge on any atom is 0.433 e. The fourth-order valence-corrected chi connectivity index (χ4v) is 3.96. The number of nitrogens with zero attached hydrogens (tertiary/aromatic N) is 2. The molecule has 0 saturated carbocycles. The second-order valence-corrected chi connectivity index (χ2v) is 7.78. The van der Waals surface area contributed by atoms with Gasteiger partial charge in [0.15, 0.2) is 0 Å². The second kappa shape index (κ2) is 7.46. The largest absolute Gasteiger partial charge is 0.433 e. The number of pyridine rings is 1. The lowest BCUT2D eigenvalue weighted by Gasteiger charge is -2.37. The third-order valence-corrected chi connectivity index (χ3v) is 5.86. The van der Waals surface area contributed by atoms with E-state index < -0.39 is 17.5 Å². The van der Waals surface area contributed by atoms with E-state index in [1.165, 1.54) is 12.3 Å². The third-order valence-electron chi connectivity index (χ3n) is 5.86. The van der Waals surface area contributed by atoms with Crippen LogP contribution in [0.25, 0.3) is 5.70 Å². The Morgan fingerprint density at radius 3 is 2.34 bits per heavy atom.